The quantitative estimate of drug-likeness (QED) is 0.685. The van der Waals surface area contributed by atoms with E-state index in [-0.39, 0.29) is 0 Å². The molecule has 1 saturated carbocycles. The van der Waals surface area contributed by atoms with Gasteiger partial charge in [0.1, 0.15) is 0 Å². The van der Waals surface area contributed by atoms with Gasteiger partial charge in [0, 0.05) is 5.54 Å². The maximum Gasteiger partial charge on any atom is 0.0214 e. The second-order valence-electron chi connectivity index (χ2n) is 7.21. The lowest BCUT2D eigenvalue weighted by Gasteiger charge is -2.56. The number of hydrogen-bond acceptors (Lipinski definition) is 1. The van der Waals surface area contributed by atoms with E-state index >= 15 is 0 Å². The molecule has 1 nitrogen and oxygen atoms in total. The lowest BCUT2D eigenvalue weighted by Crippen LogP contribution is -2.59. The number of rotatable bonds is 2. The van der Waals surface area contributed by atoms with Gasteiger partial charge in [-0.3, -0.25) is 4.90 Å². The van der Waals surface area contributed by atoms with Crippen molar-refractivity contribution in [3.63, 3.8) is 0 Å². The molecule has 0 amide bonds. The van der Waals surface area contributed by atoms with E-state index in [4.69, 9.17) is 0 Å². The highest BCUT2D eigenvalue weighted by molar-refractivity contribution is 5.02. The monoisotopic (exact) mass is 237 g/mol. The summed E-state index contributed by atoms with van der Waals surface area (Å²) in [6.45, 7) is 12.7. The minimum atomic E-state index is 0.483. The zero-order valence-electron chi connectivity index (χ0n) is 12.4. The van der Waals surface area contributed by atoms with E-state index in [1.807, 2.05) is 0 Å². The fourth-order valence-corrected chi connectivity index (χ4v) is 4.87. The molecule has 17 heavy (non-hydrogen) atoms. The number of likely N-dealkylation sites (tertiary alicyclic amines) is 1. The molecule has 2 atom stereocenters. The summed E-state index contributed by atoms with van der Waals surface area (Å²) in [4.78, 5) is 2.84. The van der Waals surface area contributed by atoms with Gasteiger partial charge in [-0.25, -0.2) is 0 Å². The van der Waals surface area contributed by atoms with E-state index in [0.717, 1.165) is 5.92 Å². The van der Waals surface area contributed by atoms with Crippen LogP contribution in [0.2, 0.25) is 0 Å². The average molecular weight is 237 g/mol. The van der Waals surface area contributed by atoms with Crippen LogP contribution in [0.3, 0.4) is 0 Å². The van der Waals surface area contributed by atoms with Crippen molar-refractivity contribution in [2.24, 2.45) is 11.3 Å². The van der Waals surface area contributed by atoms with Gasteiger partial charge < -0.3 is 0 Å². The van der Waals surface area contributed by atoms with Crippen LogP contribution < -0.4 is 0 Å². The van der Waals surface area contributed by atoms with Crippen LogP contribution >= 0.6 is 0 Å². The Balaban J connectivity index is 2.19. The molecule has 0 aromatic carbocycles. The second-order valence-corrected chi connectivity index (χ2v) is 7.21. The molecular formula is C16H31N. The summed E-state index contributed by atoms with van der Waals surface area (Å²) >= 11 is 0. The molecule has 2 aliphatic rings. The summed E-state index contributed by atoms with van der Waals surface area (Å²) in [7, 11) is 0. The van der Waals surface area contributed by atoms with Crippen molar-refractivity contribution in [1.29, 1.82) is 0 Å². The third kappa shape index (κ3) is 2.41. The summed E-state index contributed by atoms with van der Waals surface area (Å²) in [5.74, 6) is 0.877. The Bertz CT molecular complexity index is 252. The Kier molecular flexibility index (Phi) is 3.87. The Morgan fingerprint density at radius 3 is 2.18 bits per heavy atom. The van der Waals surface area contributed by atoms with Crippen LogP contribution in [0.5, 0.6) is 0 Å². The fraction of sp³-hybridized carbons (Fsp3) is 1.00. The molecule has 0 radical (unpaired) electrons. The van der Waals surface area contributed by atoms with Gasteiger partial charge in [-0.15, -0.1) is 0 Å². The van der Waals surface area contributed by atoms with E-state index in [2.05, 4.69) is 32.6 Å². The van der Waals surface area contributed by atoms with E-state index in [9.17, 15) is 0 Å². The van der Waals surface area contributed by atoms with Crippen molar-refractivity contribution < 1.29 is 0 Å². The SMILES string of the molecule is CC[C@H]1C(C)(C)CCC[C@@]1(C)N1CCCCC1. The lowest BCUT2D eigenvalue weighted by molar-refractivity contribution is -0.0590. The first-order chi connectivity index (χ1) is 8.00. The molecule has 0 N–H and O–H groups in total. The standard InChI is InChI=1S/C16H31N/c1-5-14-15(2,3)10-9-11-16(14,4)17-12-7-6-8-13-17/h14H,5-13H2,1-4H3/t14-,16+/m0/s1. The summed E-state index contributed by atoms with van der Waals surface area (Å²) in [5, 5.41) is 0. The van der Waals surface area contributed by atoms with Crippen molar-refractivity contribution in [3.8, 4) is 0 Å². The van der Waals surface area contributed by atoms with Crippen LogP contribution in [0.15, 0.2) is 0 Å². The van der Waals surface area contributed by atoms with Gasteiger partial charge in [-0.05, 0) is 57.0 Å². The third-order valence-electron chi connectivity index (χ3n) is 5.68. The maximum atomic E-state index is 2.84. The van der Waals surface area contributed by atoms with Gasteiger partial charge in [0.2, 0.25) is 0 Å². The predicted octanol–water partition coefficient (Wildman–Crippen LogP) is 4.47. The van der Waals surface area contributed by atoms with Crippen LogP contribution in [-0.4, -0.2) is 23.5 Å². The van der Waals surface area contributed by atoms with Crippen LogP contribution in [0, 0.1) is 11.3 Å². The Labute approximate surface area is 108 Å². The highest BCUT2D eigenvalue weighted by atomic mass is 15.2. The van der Waals surface area contributed by atoms with Crippen LogP contribution in [0.25, 0.3) is 0 Å². The smallest absolute Gasteiger partial charge is 0.0214 e. The normalized spacial score (nSPS) is 39.2. The van der Waals surface area contributed by atoms with Gasteiger partial charge >= 0.3 is 0 Å². The van der Waals surface area contributed by atoms with E-state index < -0.39 is 0 Å². The molecule has 0 aromatic rings. The second kappa shape index (κ2) is 4.91. The molecule has 2 rings (SSSR count). The number of hydrogen-bond donors (Lipinski definition) is 0. The first-order valence-corrected chi connectivity index (χ1v) is 7.76. The zero-order chi connectivity index (χ0) is 12.5. The average Bonchev–Trinajstić information content (AvgIpc) is 2.29. The predicted molar refractivity (Wildman–Crippen MR) is 75.2 cm³/mol. The largest absolute Gasteiger partial charge is 0.298 e. The van der Waals surface area contributed by atoms with Crippen molar-refractivity contribution >= 4 is 0 Å². The third-order valence-corrected chi connectivity index (χ3v) is 5.68. The first kappa shape index (κ1) is 13.4. The molecule has 1 saturated heterocycles. The lowest BCUT2D eigenvalue weighted by atomic mass is 9.58. The first-order valence-electron chi connectivity index (χ1n) is 7.76. The Hall–Kier alpha value is -0.0400. The minimum absolute atomic E-state index is 0.483. The summed E-state index contributed by atoms with van der Waals surface area (Å²) in [6.07, 6.45) is 9.92. The van der Waals surface area contributed by atoms with Crippen molar-refractivity contribution in [3.05, 3.63) is 0 Å². The molecule has 0 bridgehead atoms. The number of nitrogens with zero attached hydrogens (tertiary/aromatic N) is 1. The molecule has 1 heterocycles. The van der Waals surface area contributed by atoms with Crippen molar-refractivity contribution in [1.82, 2.24) is 4.90 Å². The highest BCUT2D eigenvalue weighted by Crippen LogP contribution is 2.50. The molecule has 1 aliphatic heterocycles. The van der Waals surface area contributed by atoms with Gasteiger partial charge in [0.15, 0.2) is 0 Å². The Morgan fingerprint density at radius 1 is 0.941 bits per heavy atom. The van der Waals surface area contributed by atoms with Gasteiger partial charge in [-0.2, -0.15) is 0 Å². The topological polar surface area (TPSA) is 3.24 Å². The molecular weight excluding hydrogens is 206 g/mol. The van der Waals surface area contributed by atoms with Crippen LogP contribution in [0.4, 0.5) is 0 Å². The molecule has 100 valence electrons. The zero-order valence-corrected chi connectivity index (χ0v) is 12.4. The van der Waals surface area contributed by atoms with Gasteiger partial charge in [0.05, 0.1) is 0 Å². The summed E-state index contributed by atoms with van der Waals surface area (Å²) in [6, 6.07) is 0. The van der Waals surface area contributed by atoms with Crippen molar-refractivity contribution in [2.75, 3.05) is 13.1 Å². The molecule has 0 unspecified atom stereocenters. The van der Waals surface area contributed by atoms with Crippen molar-refractivity contribution in [2.45, 2.75) is 78.2 Å². The summed E-state index contributed by atoms with van der Waals surface area (Å²) in [5.41, 5.74) is 1.02. The molecule has 1 aliphatic carbocycles. The molecule has 0 aromatic heterocycles. The molecule has 2 fully saturated rings. The van der Waals surface area contributed by atoms with E-state index in [1.54, 1.807) is 0 Å². The molecule has 0 spiro atoms. The highest BCUT2D eigenvalue weighted by Gasteiger charge is 2.48. The number of piperidine rings is 1. The van der Waals surface area contributed by atoms with Crippen LogP contribution in [-0.2, 0) is 0 Å². The van der Waals surface area contributed by atoms with E-state index in [0.29, 0.717) is 11.0 Å². The Morgan fingerprint density at radius 2 is 1.59 bits per heavy atom. The maximum absolute atomic E-state index is 2.84. The summed E-state index contributed by atoms with van der Waals surface area (Å²) < 4.78 is 0. The van der Waals surface area contributed by atoms with Gasteiger partial charge in [0.25, 0.3) is 0 Å². The van der Waals surface area contributed by atoms with Crippen LogP contribution in [0.1, 0.15) is 72.6 Å². The van der Waals surface area contributed by atoms with E-state index in [1.165, 1.54) is 58.0 Å². The minimum Gasteiger partial charge on any atom is -0.298 e. The molecule has 1 heteroatoms. The van der Waals surface area contributed by atoms with Gasteiger partial charge in [-0.1, -0.05) is 40.0 Å². The fourth-order valence-electron chi connectivity index (χ4n) is 4.87.